The third kappa shape index (κ3) is 4.66. The third-order valence-electron chi connectivity index (χ3n) is 5.20. The summed E-state index contributed by atoms with van der Waals surface area (Å²) in [6.07, 6.45) is 8.54. The lowest BCUT2D eigenvalue weighted by molar-refractivity contribution is -0.117. The van der Waals surface area contributed by atoms with Crippen LogP contribution in [0.25, 0.3) is 6.08 Å². The molecule has 30 heavy (non-hydrogen) atoms. The minimum absolute atomic E-state index is 0.170. The molecule has 2 heterocycles. The normalized spacial score (nSPS) is 13.9. The van der Waals surface area contributed by atoms with E-state index >= 15 is 0 Å². The van der Waals surface area contributed by atoms with Crippen molar-refractivity contribution in [1.29, 1.82) is 0 Å². The van der Waals surface area contributed by atoms with Crippen molar-refractivity contribution < 1.29 is 9.59 Å². The zero-order valence-electron chi connectivity index (χ0n) is 16.9. The average Bonchev–Trinajstić information content (AvgIpc) is 3.36. The first kappa shape index (κ1) is 19.6. The van der Waals surface area contributed by atoms with E-state index in [4.69, 9.17) is 0 Å². The SMILES string of the molecule is Cc1nccn1Cc1ccc(NC(=O)/C=C/c2ccc(N3CCCC3=O)cc2)cc1. The number of benzene rings is 2. The number of aryl methyl sites for hydroxylation is 1. The molecule has 0 saturated carbocycles. The molecular weight excluding hydrogens is 376 g/mol. The molecule has 0 atom stereocenters. The molecule has 1 fully saturated rings. The van der Waals surface area contributed by atoms with Crippen molar-refractivity contribution in [2.75, 3.05) is 16.8 Å². The molecular formula is C24H24N4O2. The summed E-state index contributed by atoms with van der Waals surface area (Å²) in [5, 5.41) is 2.87. The highest BCUT2D eigenvalue weighted by Crippen LogP contribution is 2.22. The van der Waals surface area contributed by atoms with Crippen molar-refractivity contribution >= 4 is 29.3 Å². The van der Waals surface area contributed by atoms with Gasteiger partial charge in [-0.3, -0.25) is 9.59 Å². The largest absolute Gasteiger partial charge is 0.331 e. The minimum atomic E-state index is -0.188. The second-order valence-corrected chi connectivity index (χ2v) is 7.36. The Balaban J connectivity index is 1.32. The monoisotopic (exact) mass is 400 g/mol. The van der Waals surface area contributed by atoms with Gasteiger partial charge in [0, 0.05) is 49.4 Å². The number of carbonyl (C=O) groups excluding carboxylic acids is 2. The Labute approximate surface area is 175 Å². The van der Waals surface area contributed by atoms with Gasteiger partial charge in [-0.15, -0.1) is 0 Å². The topological polar surface area (TPSA) is 67.2 Å². The number of nitrogens with one attached hydrogen (secondary N) is 1. The molecule has 2 amide bonds. The van der Waals surface area contributed by atoms with Crippen LogP contribution in [0.1, 0.15) is 29.8 Å². The van der Waals surface area contributed by atoms with Crippen molar-refractivity contribution in [2.24, 2.45) is 0 Å². The Kier molecular flexibility index (Phi) is 5.75. The quantitative estimate of drug-likeness (QED) is 0.636. The summed E-state index contributed by atoms with van der Waals surface area (Å²) in [5.74, 6) is 0.952. The molecule has 6 nitrogen and oxygen atoms in total. The number of imidazole rings is 1. The van der Waals surface area contributed by atoms with Gasteiger partial charge in [-0.1, -0.05) is 24.3 Å². The zero-order chi connectivity index (χ0) is 20.9. The number of amides is 2. The molecule has 152 valence electrons. The predicted octanol–water partition coefficient (Wildman–Crippen LogP) is 4.02. The first-order valence-electron chi connectivity index (χ1n) is 10.0. The number of carbonyl (C=O) groups is 2. The van der Waals surface area contributed by atoms with Gasteiger partial charge >= 0.3 is 0 Å². The number of nitrogens with zero attached hydrogens (tertiary/aromatic N) is 3. The Bertz CT molecular complexity index is 1070. The van der Waals surface area contributed by atoms with Gasteiger partial charge in [0.15, 0.2) is 0 Å². The van der Waals surface area contributed by atoms with Gasteiger partial charge in [-0.05, 0) is 54.8 Å². The van der Waals surface area contributed by atoms with Crippen LogP contribution in [0.4, 0.5) is 11.4 Å². The summed E-state index contributed by atoms with van der Waals surface area (Å²) in [7, 11) is 0. The van der Waals surface area contributed by atoms with Crippen molar-refractivity contribution in [2.45, 2.75) is 26.3 Å². The third-order valence-corrected chi connectivity index (χ3v) is 5.20. The van der Waals surface area contributed by atoms with Crippen LogP contribution in [0.2, 0.25) is 0 Å². The van der Waals surface area contributed by atoms with Crippen LogP contribution in [-0.2, 0) is 16.1 Å². The van der Waals surface area contributed by atoms with Crippen LogP contribution in [0.15, 0.2) is 67.0 Å². The van der Waals surface area contributed by atoms with E-state index in [1.165, 1.54) is 6.08 Å². The van der Waals surface area contributed by atoms with Gasteiger partial charge in [-0.2, -0.15) is 0 Å². The number of hydrogen-bond donors (Lipinski definition) is 1. The summed E-state index contributed by atoms with van der Waals surface area (Å²) in [4.78, 5) is 30.1. The van der Waals surface area contributed by atoms with Gasteiger partial charge in [0.1, 0.15) is 5.82 Å². The fourth-order valence-electron chi connectivity index (χ4n) is 3.50. The molecule has 1 aliphatic heterocycles. The summed E-state index contributed by atoms with van der Waals surface area (Å²) < 4.78 is 2.07. The maximum atomic E-state index is 12.2. The van der Waals surface area contributed by atoms with Crippen LogP contribution in [-0.4, -0.2) is 27.9 Å². The Morgan fingerprint density at radius 1 is 1.13 bits per heavy atom. The summed E-state index contributed by atoms with van der Waals surface area (Å²) >= 11 is 0. The van der Waals surface area contributed by atoms with Crippen LogP contribution < -0.4 is 10.2 Å². The lowest BCUT2D eigenvalue weighted by Gasteiger charge is -2.15. The maximum absolute atomic E-state index is 12.2. The molecule has 6 heteroatoms. The van der Waals surface area contributed by atoms with E-state index in [2.05, 4.69) is 14.9 Å². The standard InChI is InChI=1S/C24H24N4O2/c1-18-25-14-16-27(18)17-20-4-9-21(10-5-20)26-23(29)13-8-19-6-11-22(12-7-19)28-15-2-3-24(28)30/h4-14,16H,2-3,15,17H2,1H3,(H,26,29)/b13-8+. The minimum Gasteiger partial charge on any atom is -0.331 e. The van der Waals surface area contributed by atoms with Crippen molar-refractivity contribution in [1.82, 2.24) is 9.55 Å². The van der Waals surface area contributed by atoms with E-state index in [9.17, 15) is 9.59 Å². The van der Waals surface area contributed by atoms with Crippen molar-refractivity contribution in [3.63, 3.8) is 0 Å². The van der Waals surface area contributed by atoms with Crippen LogP contribution in [0, 0.1) is 6.92 Å². The second-order valence-electron chi connectivity index (χ2n) is 7.36. The van der Waals surface area contributed by atoms with Gasteiger partial charge < -0.3 is 14.8 Å². The summed E-state index contributed by atoms with van der Waals surface area (Å²) in [5.41, 5.74) is 3.71. The van der Waals surface area contributed by atoms with E-state index in [0.29, 0.717) is 6.42 Å². The molecule has 1 N–H and O–H groups in total. The number of hydrogen-bond acceptors (Lipinski definition) is 3. The Morgan fingerprint density at radius 2 is 1.90 bits per heavy atom. The molecule has 1 aliphatic rings. The molecule has 0 unspecified atom stereocenters. The van der Waals surface area contributed by atoms with Crippen molar-refractivity contribution in [3.8, 4) is 0 Å². The Morgan fingerprint density at radius 3 is 2.53 bits per heavy atom. The van der Waals surface area contributed by atoms with Gasteiger partial charge in [0.2, 0.25) is 11.8 Å². The molecule has 0 spiro atoms. The molecule has 0 radical (unpaired) electrons. The predicted molar refractivity (Wildman–Crippen MR) is 118 cm³/mol. The summed E-state index contributed by atoms with van der Waals surface area (Å²) in [6, 6.07) is 15.5. The highest BCUT2D eigenvalue weighted by molar-refractivity contribution is 6.02. The lowest BCUT2D eigenvalue weighted by Crippen LogP contribution is -2.23. The smallest absolute Gasteiger partial charge is 0.248 e. The average molecular weight is 400 g/mol. The van der Waals surface area contributed by atoms with Gasteiger partial charge in [-0.25, -0.2) is 4.98 Å². The molecule has 2 aromatic carbocycles. The van der Waals surface area contributed by atoms with Gasteiger partial charge in [0.25, 0.3) is 0 Å². The van der Waals surface area contributed by atoms with E-state index in [-0.39, 0.29) is 11.8 Å². The maximum Gasteiger partial charge on any atom is 0.248 e. The van der Waals surface area contributed by atoms with Gasteiger partial charge in [0.05, 0.1) is 0 Å². The highest BCUT2D eigenvalue weighted by atomic mass is 16.2. The molecule has 1 aromatic heterocycles. The molecule has 1 saturated heterocycles. The van der Waals surface area contributed by atoms with E-state index in [0.717, 1.165) is 47.8 Å². The molecule has 0 bridgehead atoms. The molecule has 4 rings (SSSR count). The number of aromatic nitrogens is 2. The van der Waals surface area contributed by atoms with Crippen LogP contribution in [0.3, 0.4) is 0 Å². The van der Waals surface area contributed by atoms with E-state index in [1.54, 1.807) is 17.2 Å². The van der Waals surface area contributed by atoms with E-state index < -0.39 is 0 Å². The van der Waals surface area contributed by atoms with Crippen molar-refractivity contribution in [3.05, 3.63) is 84.0 Å². The summed E-state index contributed by atoms with van der Waals surface area (Å²) in [6.45, 7) is 3.50. The fourth-order valence-corrected chi connectivity index (χ4v) is 3.50. The zero-order valence-corrected chi connectivity index (χ0v) is 16.9. The second kappa shape index (κ2) is 8.78. The molecule has 0 aliphatic carbocycles. The van der Waals surface area contributed by atoms with Crippen LogP contribution in [0.5, 0.6) is 0 Å². The lowest BCUT2D eigenvalue weighted by atomic mass is 10.1. The first-order chi connectivity index (χ1) is 14.6. The van der Waals surface area contributed by atoms with E-state index in [1.807, 2.05) is 61.7 Å². The van der Waals surface area contributed by atoms with Crippen LogP contribution >= 0.6 is 0 Å². The fraction of sp³-hybridized carbons (Fsp3) is 0.208. The first-order valence-corrected chi connectivity index (χ1v) is 10.0. The molecule has 3 aromatic rings. The number of anilines is 2. The Hall–Kier alpha value is -3.67. The highest BCUT2D eigenvalue weighted by Gasteiger charge is 2.21. The number of rotatable bonds is 6.